The van der Waals surface area contributed by atoms with Gasteiger partial charge >= 0.3 is 0 Å². The van der Waals surface area contributed by atoms with Gasteiger partial charge in [0.1, 0.15) is 6.67 Å². The van der Waals surface area contributed by atoms with Crippen molar-refractivity contribution in [2.24, 2.45) is 7.05 Å². The van der Waals surface area contributed by atoms with Crippen LogP contribution in [0, 0.1) is 19.8 Å². The van der Waals surface area contributed by atoms with Crippen molar-refractivity contribution in [1.82, 2.24) is 19.6 Å². The number of hydrogen-bond donors (Lipinski definition) is 1. The largest absolute Gasteiger partial charge is 0.364 e. The summed E-state index contributed by atoms with van der Waals surface area (Å²) in [4.78, 5) is 0. The lowest BCUT2D eigenvalue weighted by Gasteiger charge is -2.03. The summed E-state index contributed by atoms with van der Waals surface area (Å²) < 4.78 is 28.7. The van der Waals surface area contributed by atoms with Gasteiger partial charge in [0.05, 0.1) is 12.2 Å². The van der Waals surface area contributed by atoms with E-state index in [9.17, 15) is 8.78 Å². The van der Waals surface area contributed by atoms with Gasteiger partial charge in [-0.25, -0.2) is 9.07 Å². The second kappa shape index (κ2) is 5.38. The second-order valence-electron chi connectivity index (χ2n) is 4.44. The van der Waals surface area contributed by atoms with Gasteiger partial charge < -0.3 is 5.32 Å². The minimum atomic E-state index is -0.461. The molecular weight excluding hydrogens is 252 g/mol. The normalized spacial score (nSPS) is 11.0. The van der Waals surface area contributed by atoms with Crippen molar-refractivity contribution >= 4 is 5.82 Å². The average molecular weight is 269 g/mol. The minimum Gasteiger partial charge on any atom is -0.364 e. The lowest BCUT2D eigenvalue weighted by molar-refractivity contribution is 0.427. The fourth-order valence-corrected chi connectivity index (χ4v) is 1.94. The topological polar surface area (TPSA) is 47.7 Å². The third kappa shape index (κ3) is 2.74. The van der Waals surface area contributed by atoms with Crippen molar-refractivity contribution in [3.63, 3.8) is 0 Å². The van der Waals surface area contributed by atoms with Crippen LogP contribution >= 0.6 is 0 Å². The molecule has 0 aliphatic heterocycles. The van der Waals surface area contributed by atoms with Crippen LogP contribution in [0.1, 0.15) is 16.8 Å². The highest BCUT2D eigenvalue weighted by molar-refractivity contribution is 5.42. The lowest BCUT2D eigenvalue weighted by Crippen LogP contribution is -2.06. The van der Waals surface area contributed by atoms with E-state index in [1.165, 1.54) is 9.36 Å². The standard InChI is InChI=1S/C12H17F2N5/c1-8-7-19(5-4-13)17-12(8)15-6-10-9(2)16-18(3)11(10)14/h7H,4-6H2,1-3H3,(H,15,17). The second-order valence-corrected chi connectivity index (χ2v) is 4.44. The van der Waals surface area contributed by atoms with Crippen LogP contribution in [-0.4, -0.2) is 26.2 Å². The Hall–Kier alpha value is -1.92. The van der Waals surface area contributed by atoms with Gasteiger partial charge in [-0.1, -0.05) is 0 Å². The maximum atomic E-state index is 13.7. The molecule has 0 amide bonds. The van der Waals surface area contributed by atoms with Crippen LogP contribution in [0.25, 0.3) is 0 Å². The molecule has 0 atom stereocenters. The van der Waals surface area contributed by atoms with Crippen LogP contribution in [0.5, 0.6) is 0 Å². The summed E-state index contributed by atoms with van der Waals surface area (Å²) >= 11 is 0. The molecule has 104 valence electrons. The van der Waals surface area contributed by atoms with Crippen molar-refractivity contribution in [2.45, 2.75) is 26.9 Å². The van der Waals surface area contributed by atoms with Crippen LogP contribution in [0.4, 0.5) is 14.6 Å². The van der Waals surface area contributed by atoms with E-state index in [1.807, 2.05) is 6.92 Å². The predicted molar refractivity (Wildman–Crippen MR) is 68.2 cm³/mol. The van der Waals surface area contributed by atoms with Gasteiger partial charge in [-0.15, -0.1) is 0 Å². The maximum Gasteiger partial charge on any atom is 0.216 e. The number of halogens is 2. The molecule has 5 nitrogen and oxygen atoms in total. The molecule has 0 bridgehead atoms. The highest BCUT2D eigenvalue weighted by Gasteiger charge is 2.13. The smallest absolute Gasteiger partial charge is 0.216 e. The Kier molecular flexibility index (Phi) is 3.82. The molecule has 0 saturated heterocycles. The highest BCUT2D eigenvalue weighted by atomic mass is 19.1. The van der Waals surface area contributed by atoms with Crippen molar-refractivity contribution in [3.8, 4) is 0 Å². The van der Waals surface area contributed by atoms with Gasteiger partial charge in [0.15, 0.2) is 5.82 Å². The summed E-state index contributed by atoms with van der Waals surface area (Å²) in [6, 6.07) is 0. The molecule has 1 N–H and O–H groups in total. The zero-order valence-electron chi connectivity index (χ0n) is 11.2. The summed E-state index contributed by atoms with van der Waals surface area (Å²) in [5, 5.41) is 11.3. The zero-order valence-corrected chi connectivity index (χ0v) is 11.2. The van der Waals surface area contributed by atoms with Crippen molar-refractivity contribution in [1.29, 1.82) is 0 Å². The number of hydrogen-bond acceptors (Lipinski definition) is 3. The third-order valence-corrected chi connectivity index (χ3v) is 2.96. The predicted octanol–water partition coefficient (Wildman–Crippen LogP) is 1.95. The molecule has 0 aliphatic rings. The van der Waals surface area contributed by atoms with Crippen LogP contribution in [-0.2, 0) is 20.1 Å². The Morgan fingerprint density at radius 1 is 1.32 bits per heavy atom. The number of nitrogens with zero attached hydrogens (tertiary/aromatic N) is 4. The molecule has 2 aromatic rings. The number of aryl methyl sites for hydroxylation is 4. The molecule has 19 heavy (non-hydrogen) atoms. The molecule has 0 aliphatic carbocycles. The molecular formula is C12H17F2N5. The number of aromatic nitrogens is 4. The van der Waals surface area contributed by atoms with Crippen molar-refractivity contribution in [3.05, 3.63) is 29.0 Å². The Morgan fingerprint density at radius 2 is 2.05 bits per heavy atom. The molecule has 0 fully saturated rings. The molecule has 0 saturated carbocycles. The highest BCUT2D eigenvalue weighted by Crippen LogP contribution is 2.16. The van der Waals surface area contributed by atoms with Crippen LogP contribution in [0.2, 0.25) is 0 Å². The summed E-state index contributed by atoms with van der Waals surface area (Å²) in [5.41, 5.74) is 2.06. The fraction of sp³-hybridized carbons (Fsp3) is 0.500. The molecule has 2 rings (SSSR count). The first-order valence-electron chi connectivity index (χ1n) is 6.04. The molecule has 0 unspecified atom stereocenters. The molecule has 0 radical (unpaired) electrons. The van der Waals surface area contributed by atoms with Crippen LogP contribution < -0.4 is 5.32 Å². The Labute approximate surface area is 110 Å². The first-order chi connectivity index (χ1) is 9.02. The first-order valence-corrected chi connectivity index (χ1v) is 6.04. The molecule has 0 spiro atoms. The SMILES string of the molecule is Cc1cn(CCF)nc1NCc1c(C)nn(C)c1F. The Morgan fingerprint density at radius 3 is 2.63 bits per heavy atom. The Bertz CT molecular complexity index is 573. The van der Waals surface area contributed by atoms with E-state index in [0.717, 1.165) is 5.56 Å². The molecule has 0 aromatic carbocycles. The van der Waals surface area contributed by atoms with E-state index < -0.39 is 6.67 Å². The van der Waals surface area contributed by atoms with Gasteiger partial charge in [0, 0.05) is 30.9 Å². The van der Waals surface area contributed by atoms with Gasteiger partial charge in [-0.05, 0) is 13.8 Å². The Balaban J connectivity index is 2.10. The van der Waals surface area contributed by atoms with E-state index in [2.05, 4.69) is 15.5 Å². The zero-order chi connectivity index (χ0) is 14.0. The monoisotopic (exact) mass is 269 g/mol. The van der Waals surface area contributed by atoms with E-state index in [0.29, 0.717) is 23.6 Å². The van der Waals surface area contributed by atoms with Crippen LogP contribution in [0.15, 0.2) is 6.20 Å². The van der Waals surface area contributed by atoms with E-state index in [4.69, 9.17) is 0 Å². The van der Waals surface area contributed by atoms with Crippen molar-refractivity contribution in [2.75, 3.05) is 12.0 Å². The number of rotatable bonds is 5. The number of alkyl halides is 1. The van der Waals surface area contributed by atoms with E-state index in [-0.39, 0.29) is 12.5 Å². The summed E-state index contributed by atoms with van der Waals surface area (Å²) in [6.45, 7) is 3.70. The lowest BCUT2D eigenvalue weighted by atomic mass is 10.2. The third-order valence-electron chi connectivity index (χ3n) is 2.96. The summed E-state index contributed by atoms with van der Waals surface area (Å²) in [6.07, 6.45) is 1.76. The molecule has 2 heterocycles. The van der Waals surface area contributed by atoms with Crippen LogP contribution in [0.3, 0.4) is 0 Å². The van der Waals surface area contributed by atoms with E-state index >= 15 is 0 Å². The van der Waals surface area contributed by atoms with Gasteiger partial charge in [0.25, 0.3) is 0 Å². The summed E-state index contributed by atoms with van der Waals surface area (Å²) in [7, 11) is 1.56. The van der Waals surface area contributed by atoms with Gasteiger partial charge in [0.2, 0.25) is 5.95 Å². The minimum absolute atomic E-state index is 0.225. The van der Waals surface area contributed by atoms with Gasteiger partial charge in [-0.2, -0.15) is 14.6 Å². The number of nitrogens with one attached hydrogen (secondary N) is 1. The quantitative estimate of drug-likeness (QED) is 0.902. The van der Waals surface area contributed by atoms with Crippen molar-refractivity contribution < 1.29 is 8.78 Å². The molecule has 2 aromatic heterocycles. The van der Waals surface area contributed by atoms with E-state index in [1.54, 1.807) is 20.2 Å². The summed E-state index contributed by atoms with van der Waals surface area (Å²) in [5.74, 6) is 0.280. The molecule has 7 heteroatoms. The maximum absolute atomic E-state index is 13.7. The van der Waals surface area contributed by atoms with Gasteiger partial charge in [-0.3, -0.25) is 4.68 Å². The number of anilines is 1. The average Bonchev–Trinajstić information content (AvgIpc) is 2.80. The first kappa shape index (κ1) is 13.5. The fourth-order valence-electron chi connectivity index (χ4n) is 1.94.